The number of nitrogens with one attached hydrogen (secondary N) is 1. The van der Waals surface area contributed by atoms with Crippen LogP contribution in [0.4, 0.5) is 5.95 Å². The molecule has 0 spiro atoms. The molecular formula is C12H20BrN3O2. The van der Waals surface area contributed by atoms with Gasteiger partial charge >= 0.3 is 0 Å². The molecule has 6 heteroatoms. The Morgan fingerprint density at radius 3 is 2.83 bits per heavy atom. The van der Waals surface area contributed by atoms with E-state index in [1.54, 1.807) is 6.20 Å². The molecule has 0 aliphatic heterocycles. The fraction of sp³-hybridized carbons (Fsp3) is 0.667. The van der Waals surface area contributed by atoms with Gasteiger partial charge in [-0.1, -0.05) is 13.3 Å². The number of aromatic nitrogens is 2. The van der Waals surface area contributed by atoms with Crippen molar-refractivity contribution < 1.29 is 9.47 Å². The van der Waals surface area contributed by atoms with E-state index in [9.17, 15) is 0 Å². The SMILES string of the molecule is CCCCOCCOc1nc(NCC)ncc1Br. The van der Waals surface area contributed by atoms with Gasteiger partial charge in [-0.25, -0.2) is 4.98 Å². The molecule has 0 saturated heterocycles. The molecule has 5 nitrogen and oxygen atoms in total. The number of unbranched alkanes of at least 4 members (excludes halogenated alkanes) is 1. The van der Waals surface area contributed by atoms with Crippen molar-refractivity contribution in [3.8, 4) is 5.88 Å². The number of ether oxygens (including phenoxy) is 2. The van der Waals surface area contributed by atoms with Crippen molar-refractivity contribution in [3.05, 3.63) is 10.7 Å². The van der Waals surface area contributed by atoms with Crippen LogP contribution in [0.2, 0.25) is 0 Å². The van der Waals surface area contributed by atoms with E-state index < -0.39 is 0 Å². The van der Waals surface area contributed by atoms with E-state index in [4.69, 9.17) is 9.47 Å². The first-order valence-electron chi connectivity index (χ1n) is 6.24. The Kier molecular flexibility index (Phi) is 7.68. The first-order valence-corrected chi connectivity index (χ1v) is 7.04. The Morgan fingerprint density at radius 1 is 1.28 bits per heavy atom. The van der Waals surface area contributed by atoms with Gasteiger partial charge in [0, 0.05) is 13.2 Å². The smallest absolute Gasteiger partial charge is 0.232 e. The quantitative estimate of drug-likeness (QED) is 0.710. The van der Waals surface area contributed by atoms with Gasteiger partial charge in [0.25, 0.3) is 0 Å². The molecule has 1 aromatic heterocycles. The number of hydrogen-bond acceptors (Lipinski definition) is 5. The Bertz CT molecular complexity index is 350. The highest BCUT2D eigenvalue weighted by Gasteiger charge is 2.05. The standard InChI is InChI=1S/C12H20BrN3O2/c1-3-5-6-17-7-8-18-11-10(13)9-15-12(16-11)14-4-2/h9H,3-8H2,1-2H3,(H,14,15,16). The van der Waals surface area contributed by atoms with Crippen LogP contribution in [-0.2, 0) is 4.74 Å². The highest BCUT2D eigenvalue weighted by atomic mass is 79.9. The molecule has 1 aromatic rings. The lowest BCUT2D eigenvalue weighted by Gasteiger charge is -2.09. The maximum absolute atomic E-state index is 5.54. The fourth-order valence-corrected chi connectivity index (χ4v) is 1.55. The molecule has 0 fully saturated rings. The van der Waals surface area contributed by atoms with Gasteiger partial charge in [0.2, 0.25) is 11.8 Å². The Hall–Kier alpha value is -0.880. The zero-order chi connectivity index (χ0) is 13.2. The van der Waals surface area contributed by atoms with Crippen LogP contribution in [0.15, 0.2) is 10.7 Å². The van der Waals surface area contributed by atoms with Gasteiger partial charge in [-0.15, -0.1) is 0 Å². The molecule has 0 radical (unpaired) electrons. The Morgan fingerprint density at radius 2 is 2.11 bits per heavy atom. The van der Waals surface area contributed by atoms with Gasteiger partial charge in [-0.05, 0) is 29.3 Å². The average Bonchev–Trinajstić information content (AvgIpc) is 2.37. The van der Waals surface area contributed by atoms with Gasteiger partial charge in [0.1, 0.15) is 6.61 Å². The highest BCUT2D eigenvalue weighted by Crippen LogP contribution is 2.22. The van der Waals surface area contributed by atoms with Crippen molar-refractivity contribution in [1.82, 2.24) is 9.97 Å². The van der Waals surface area contributed by atoms with E-state index in [1.165, 1.54) is 0 Å². The molecule has 0 amide bonds. The molecule has 1 heterocycles. The molecule has 0 bridgehead atoms. The van der Waals surface area contributed by atoms with Crippen LogP contribution in [0.25, 0.3) is 0 Å². The third kappa shape index (κ3) is 5.64. The second kappa shape index (κ2) is 9.10. The Balaban J connectivity index is 2.34. The number of halogens is 1. The van der Waals surface area contributed by atoms with Crippen LogP contribution in [0.3, 0.4) is 0 Å². The second-order valence-electron chi connectivity index (χ2n) is 3.69. The van der Waals surface area contributed by atoms with Gasteiger partial charge in [0.05, 0.1) is 17.3 Å². The lowest BCUT2D eigenvalue weighted by molar-refractivity contribution is 0.0962. The molecule has 0 saturated carbocycles. The minimum Gasteiger partial charge on any atom is -0.474 e. The van der Waals surface area contributed by atoms with Crippen molar-refractivity contribution >= 4 is 21.9 Å². The summed E-state index contributed by atoms with van der Waals surface area (Å²) in [6, 6.07) is 0. The molecule has 0 aliphatic rings. The third-order valence-corrected chi connectivity index (χ3v) is 2.70. The summed E-state index contributed by atoms with van der Waals surface area (Å²) >= 11 is 3.36. The minimum atomic E-state index is 0.491. The van der Waals surface area contributed by atoms with Crippen LogP contribution in [0.1, 0.15) is 26.7 Å². The third-order valence-electron chi connectivity index (χ3n) is 2.16. The first-order chi connectivity index (χ1) is 8.77. The summed E-state index contributed by atoms with van der Waals surface area (Å²) in [7, 11) is 0. The molecular weight excluding hydrogens is 298 g/mol. The van der Waals surface area contributed by atoms with E-state index in [2.05, 4.69) is 38.1 Å². The van der Waals surface area contributed by atoms with Crippen molar-refractivity contribution in [2.45, 2.75) is 26.7 Å². The molecule has 0 unspecified atom stereocenters. The fourth-order valence-electron chi connectivity index (χ4n) is 1.24. The van der Waals surface area contributed by atoms with Crippen molar-refractivity contribution in [3.63, 3.8) is 0 Å². The predicted octanol–water partition coefficient (Wildman–Crippen LogP) is 2.87. The summed E-state index contributed by atoms with van der Waals surface area (Å²) in [5.41, 5.74) is 0. The van der Waals surface area contributed by atoms with Crippen molar-refractivity contribution in [1.29, 1.82) is 0 Å². The summed E-state index contributed by atoms with van der Waals surface area (Å²) in [6.07, 6.45) is 3.91. The van der Waals surface area contributed by atoms with Crippen molar-refractivity contribution in [2.24, 2.45) is 0 Å². The molecule has 0 aliphatic carbocycles. The zero-order valence-electron chi connectivity index (χ0n) is 10.9. The topological polar surface area (TPSA) is 56.3 Å². The highest BCUT2D eigenvalue weighted by molar-refractivity contribution is 9.10. The van der Waals surface area contributed by atoms with E-state index in [1.807, 2.05) is 6.92 Å². The largest absolute Gasteiger partial charge is 0.474 e. The van der Waals surface area contributed by atoms with E-state index >= 15 is 0 Å². The van der Waals surface area contributed by atoms with Gasteiger partial charge in [0.15, 0.2) is 0 Å². The summed E-state index contributed by atoms with van der Waals surface area (Å²) in [6.45, 7) is 6.76. The molecule has 18 heavy (non-hydrogen) atoms. The normalized spacial score (nSPS) is 10.4. The van der Waals surface area contributed by atoms with Gasteiger partial charge in [-0.2, -0.15) is 4.98 Å². The summed E-state index contributed by atoms with van der Waals surface area (Å²) in [5, 5.41) is 3.04. The van der Waals surface area contributed by atoms with Crippen LogP contribution in [-0.4, -0.2) is 36.3 Å². The average molecular weight is 318 g/mol. The minimum absolute atomic E-state index is 0.491. The van der Waals surface area contributed by atoms with Crippen molar-refractivity contribution in [2.75, 3.05) is 31.7 Å². The van der Waals surface area contributed by atoms with E-state index in [0.717, 1.165) is 30.5 Å². The lowest BCUT2D eigenvalue weighted by Crippen LogP contribution is -2.10. The number of rotatable bonds is 9. The lowest BCUT2D eigenvalue weighted by atomic mass is 10.4. The maximum Gasteiger partial charge on any atom is 0.232 e. The predicted molar refractivity (Wildman–Crippen MR) is 75.1 cm³/mol. The number of hydrogen-bond donors (Lipinski definition) is 1. The molecule has 1 rings (SSSR count). The molecule has 0 aromatic carbocycles. The number of nitrogens with zero attached hydrogens (tertiary/aromatic N) is 2. The first kappa shape index (κ1) is 15.2. The zero-order valence-corrected chi connectivity index (χ0v) is 12.5. The number of anilines is 1. The Labute approximate surface area is 116 Å². The van der Waals surface area contributed by atoms with Crippen LogP contribution in [0.5, 0.6) is 5.88 Å². The van der Waals surface area contributed by atoms with E-state index in [0.29, 0.717) is 25.0 Å². The maximum atomic E-state index is 5.54. The molecule has 102 valence electrons. The summed E-state index contributed by atoms with van der Waals surface area (Å²) in [5.74, 6) is 1.11. The van der Waals surface area contributed by atoms with Crippen LogP contribution >= 0.6 is 15.9 Å². The molecule has 0 atom stereocenters. The summed E-state index contributed by atoms with van der Waals surface area (Å²) < 4.78 is 11.7. The molecule has 1 N–H and O–H groups in total. The second-order valence-corrected chi connectivity index (χ2v) is 4.55. The van der Waals surface area contributed by atoms with E-state index in [-0.39, 0.29) is 0 Å². The summed E-state index contributed by atoms with van der Waals surface area (Å²) in [4.78, 5) is 8.37. The monoisotopic (exact) mass is 317 g/mol. The van der Waals surface area contributed by atoms with Gasteiger partial charge in [-0.3, -0.25) is 0 Å². The van der Waals surface area contributed by atoms with Crippen LogP contribution in [0, 0.1) is 0 Å². The van der Waals surface area contributed by atoms with Crippen LogP contribution < -0.4 is 10.1 Å². The van der Waals surface area contributed by atoms with Gasteiger partial charge < -0.3 is 14.8 Å².